The summed E-state index contributed by atoms with van der Waals surface area (Å²) in [4.78, 5) is 48.7. The number of piperidine rings is 1. The molecule has 0 aliphatic carbocycles. The van der Waals surface area contributed by atoms with Crippen molar-refractivity contribution < 1.29 is 19.2 Å². The average Bonchev–Trinajstić information content (AvgIpc) is 3.01. The summed E-state index contributed by atoms with van der Waals surface area (Å²) in [5.41, 5.74) is 1.41. The number of urea groups is 1. The summed E-state index contributed by atoms with van der Waals surface area (Å²) >= 11 is 0. The Kier molecular flexibility index (Phi) is 5.53. The molecule has 3 amide bonds. The monoisotopic (exact) mass is 394 g/mol. The molecule has 2 saturated heterocycles. The molecule has 4 rings (SSSR count). The summed E-state index contributed by atoms with van der Waals surface area (Å²) in [5.74, 6) is -0.542. The lowest BCUT2D eigenvalue weighted by atomic mass is 10.0. The third kappa shape index (κ3) is 4.12. The van der Waals surface area contributed by atoms with Gasteiger partial charge in [0.1, 0.15) is 12.6 Å². The lowest BCUT2D eigenvalue weighted by molar-refractivity contribution is -0.140. The second kappa shape index (κ2) is 8.40. The largest absolute Gasteiger partial charge is 0.347 e. The van der Waals surface area contributed by atoms with Crippen LogP contribution in [0.2, 0.25) is 0 Å². The SMILES string of the molecule is O=C(CNC(=O)[C@@H]1CC[C@@H]2CN1C(=O)N2OCc1ccccc1)c1cccnc1. The first kappa shape index (κ1) is 19.1. The first-order valence-corrected chi connectivity index (χ1v) is 9.61. The van der Waals surface area contributed by atoms with E-state index in [0.717, 1.165) is 5.56 Å². The van der Waals surface area contributed by atoms with E-state index in [0.29, 0.717) is 31.6 Å². The van der Waals surface area contributed by atoms with Gasteiger partial charge >= 0.3 is 6.03 Å². The maximum absolute atomic E-state index is 12.8. The van der Waals surface area contributed by atoms with Crippen LogP contribution in [0, 0.1) is 0 Å². The number of Topliss-reactive ketones (excluding diaryl/α,β-unsaturated/α-hetero) is 1. The van der Waals surface area contributed by atoms with Crippen molar-refractivity contribution >= 4 is 17.7 Å². The Morgan fingerprint density at radius 1 is 1.14 bits per heavy atom. The number of amides is 3. The van der Waals surface area contributed by atoms with E-state index in [9.17, 15) is 14.4 Å². The van der Waals surface area contributed by atoms with Crippen LogP contribution >= 0.6 is 0 Å². The highest BCUT2D eigenvalue weighted by Gasteiger charge is 2.47. The van der Waals surface area contributed by atoms with E-state index in [1.54, 1.807) is 18.3 Å². The molecule has 2 aliphatic heterocycles. The van der Waals surface area contributed by atoms with Crippen LogP contribution in [-0.2, 0) is 16.2 Å². The summed E-state index contributed by atoms with van der Waals surface area (Å²) < 4.78 is 0. The van der Waals surface area contributed by atoms with Gasteiger partial charge in [-0.1, -0.05) is 30.3 Å². The van der Waals surface area contributed by atoms with Crippen molar-refractivity contribution in [1.29, 1.82) is 0 Å². The fourth-order valence-corrected chi connectivity index (χ4v) is 3.70. The molecule has 2 aromatic rings. The number of benzene rings is 1. The van der Waals surface area contributed by atoms with Crippen LogP contribution in [-0.4, -0.2) is 57.8 Å². The van der Waals surface area contributed by atoms with Crippen LogP contribution < -0.4 is 5.32 Å². The van der Waals surface area contributed by atoms with E-state index in [2.05, 4.69) is 10.3 Å². The number of carbonyl (C=O) groups is 3. The Morgan fingerprint density at radius 2 is 1.97 bits per heavy atom. The standard InChI is InChI=1S/C21H22N4O4/c26-19(16-7-4-10-22-11-16)12-23-20(27)18-9-8-17-13-24(18)21(28)25(17)29-14-15-5-2-1-3-6-15/h1-7,10-11,17-18H,8-9,12-14H2,(H,23,27)/t17-,18+/m1/s1. The Hall–Kier alpha value is -3.26. The highest BCUT2D eigenvalue weighted by atomic mass is 16.7. The maximum atomic E-state index is 12.8. The molecular weight excluding hydrogens is 372 g/mol. The normalized spacial score (nSPS) is 20.6. The van der Waals surface area contributed by atoms with Crippen molar-refractivity contribution in [2.24, 2.45) is 0 Å². The molecule has 1 N–H and O–H groups in total. The summed E-state index contributed by atoms with van der Waals surface area (Å²) in [6.07, 6.45) is 4.25. The fourth-order valence-electron chi connectivity index (χ4n) is 3.70. The molecule has 29 heavy (non-hydrogen) atoms. The van der Waals surface area contributed by atoms with E-state index >= 15 is 0 Å². The van der Waals surface area contributed by atoms with Crippen LogP contribution in [0.4, 0.5) is 4.79 Å². The van der Waals surface area contributed by atoms with Crippen LogP contribution in [0.15, 0.2) is 54.9 Å². The molecule has 1 aromatic carbocycles. The predicted octanol–water partition coefficient (Wildman–Crippen LogP) is 1.78. The van der Waals surface area contributed by atoms with Crippen molar-refractivity contribution in [1.82, 2.24) is 20.3 Å². The van der Waals surface area contributed by atoms with Crippen molar-refractivity contribution in [2.45, 2.75) is 31.5 Å². The third-order valence-electron chi connectivity index (χ3n) is 5.25. The molecule has 0 radical (unpaired) electrons. The van der Waals surface area contributed by atoms with Crippen molar-refractivity contribution in [3.8, 4) is 0 Å². The first-order valence-electron chi connectivity index (χ1n) is 9.61. The summed E-state index contributed by atoms with van der Waals surface area (Å²) in [6.45, 7) is 0.621. The lowest BCUT2D eigenvalue weighted by Gasteiger charge is -2.29. The van der Waals surface area contributed by atoms with Crippen LogP contribution in [0.25, 0.3) is 0 Å². The molecule has 2 fully saturated rings. The van der Waals surface area contributed by atoms with Gasteiger partial charge in [-0.3, -0.25) is 19.4 Å². The van der Waals surface area contributed by atoms with Crippen LogP contribution in [0.1, 0.15) is 28.8 Å². The van der Waals surface area contributed by atoms with Crippen LogP contribution in [0.5, 0.6) is 0 Å². The average molecular weight is 394 g/mol. The Morgan fingerprint density at radius 3 is 2.72 bits per heavy atom. The zero-order chi connectivity index (χ0) is 20.2. The summed E-state index contributed by atoms with van der Waals surface area (Å²) in [5, 5.41) is 4.05. The number of hydrogen-bond acceptors (Lipinski definition) is 5. The number of rotatable bonds is 7. The Bertz CT molecular complexity index is 890. The minimum Gasteiger partial charge on any atom is -0.347 e. The highest BCUT2D eigenvalue weighted by Crippen LogP contribution is 2.30. The zero-order valence-electron chi connectivity index (χ0n) is 15.9. The molecule has 2 atom stereocenters. The molecular formula is C21H22N4O4. The lowest BCUT2D eigenvalue weighted by Crippen LogP contribution is -2.50. The minimum atomic E-state index is -0.592. The molecule has 150 valence electrons. The van der Waals surface area contributed by atoms with Gasteiger partial charge in [0.2, 0.25) is 5.91 Å². The van der Waals surface area contributed by atoms with Gasteiger partial charge < -0.3 is 10.2 Å². The van der Waals surface area contributed by atoms with Gasteiger partial charge in [0, 0.05) is 24.5 Å². The molecule has 0 unspecified atom stereocenters. The van der Waals surface area contributed by atoms with E-state index in [1.165, 1.54) is 16.2 Å². The van der Waals surface area contributed by atoms with E-state index in [-0.39, 0.29) is 30.3 Å². The number of aromatic nitrogens is 1. The molecule has 8 nitrogen and oxygen atoms in total. The highest BCUT2D eigenvalue weighted by molar-refractivity contribution is 6.00. The van der Waals surface area contributed by atoms with Gasteiger partial charge in [-0.15, -0.1) is 0 Å². The number of carbonyl (C=O) groups excluding carboxylic acids is 3. The molecule has 2 aliphatic rings. The van der Waals surface area contributed by atoms with Crippen molar-refractivity contribution in [3.05, 3.63) is 66.0 Å². The Labute approximate surface area is 168 Å². The van der Waals surface area contributed by atoms with E-state index < -0.39 is 6.04 Å². The second-order valence-corrected chi connectivity index (χ2v) is 7.15. The molecule has 8 heteroatoms. The molecule has 0 spiro atoms. The second-order valence-electron chi connectivity index (χ2n) is 7.15. The number of hydrogen-bond donors (Lipinski definition) is 1. The number of nitrogens with zero attached hydrogens (tertiary/aromatic N) is 3. The molecule has 1 aromatic heterocycles. The minimum absolute atomic E-state index is 0.0627. The maximum Gasteiger partial charge on any atom is 0.345 e. The number of pyridine rings is 1. The smallest absolute Gasteiger partial charge is 0.345 e. The summed E-state index contributed by atoms with van der Waals surface area (Å²) in [6, 6.07) is 12.0. The first-order chi connectivity index (χ1) is 14.1. The van der Waals surface area contributed by atoms with Gasteiger partial charge in [0.15, 0.2) is 5.78 Å². The Balaban J connectivity index is 1.33. The third-order valence-corrected chi connectivity index (χ3v) is 5.25. The summed E-state index contributed by atoms with van der Waals surface area (Å²) in [7, 11) is 0. The van der Waals surface area contributed by atoms with Crippen molar-refractivity contribution in [3.63, 3.8) is 0 Å². The number of ketones is 1. The molecule has 2 bridgehead atoms. The zero-order valence-corrected chi connectivity index (χ0v) is 15.9. The van der Waals surface area contributed by atoms with E-state index in [4.69, 9.17) is 4.84 Å². The van der Waals surface area contributed by atoms with Gasteiger partial charge in [0.05, 0.1) is 12.6 Å². The number of fused-ring (bicyclic) bond motifs is 2. The van der Waals surface area contributed by atoms with Gasteiger partial charge in [-0.25, -0.2) is 4.79 Å². The van der Waals surface area contributed by atoms with Crippen LogP contribution in [0.3, 0.4) is 0 Å². The van der Waals surface area contributed by atoms with Crippen molar-refractivity contribution in [2.75, 3.05) is 13.1 Å². The van der Waals surface area contributed by atoms with Gasteiger partial charge in [-0.2, -0.15) is 5.06 Å². The predicted molar refractivity (Wildman–Crippen MR) is 104 cm³/mol. The van der Waals surface area contributed by atoms with Gasteiger partial charge in [0.25, 0.3) is 0 Å². The topological polar surface area (TPSA) is 91.8 Å². The fraction of sp³-hybridized carbons (Fsp3) is 0.333. The van der Waals surface area contributed by atoms with Gasteiger partial charge in [-0.05, 0) is 30.5 Å². The number of hydroxylamine groups is 2. The number of nitrogens with one attached hydrogen (secondary N) is 1. The molecule has 0 saturated carbocycles. The molecule has 3 heterocycles. The van der Waals surface area contributed by atoms with E-state index in [1.807, 2.05) is 30.3 Å². The quantitative estimate of drug-likeness (QED) is 0.723.